The van der Waals surface area contributed by atoms with E-state index >= 15 is 0 Å². The van der Waals surface area contributed by atoms with Gasteiger partial charge in [0.1, 0.15) is 0 Å². The highest BCUT2D eigenvalue weighted by atomic mass is 15.1. The average molecular weight is 190 g/mol. The van der Waals surface area contributed by atoms with Crippen molar-refractivity contribution in [2.45, 2.75) is 19.8 Å². The Labute approximate surface area is 85.9 Å². The molecule has 1 saturated heterocycles. The van der Waals surface area contributed by atoms with E-state index in [0.29, 0.717) is 0 Å². The molecule has 1 aromatic carbocycles. The summed E-state index contributed by atoms with van der Waals surface area (Å²) < 4.78 is 0. The van der Waals surface area contributed by atoms with Crippen molar-refractivity contribution in [3.8, 4) is 0 Å². The number of hydrogen-bond acceptors (Lipinski definition) is 2. The van der Waals surface area contributed by atoms with Crippen LogP contribution in [0.25, 0.3) is 0 Å². The van der Waals surface area contributed by atoms with Crippen molar-refractivity contribution in [3.05, 3.63) is 24.3 Å². The van der Waals surface area contributed by atoms with Crippen molar-refractivity contribution in [1.29, 1.82) is 0 Å². The summed E-state index contributed by atoms with van der Waals surface area (Å²) in [5, 5.41) is 3.31. The zero-order valence-corrected chi connectivity index (χ0v) is 8.79. The quantitative estimate of drug-likeness (QED) is 0.788. The molecular formula is C12H18N2. The van der Waals surface area contributed by atoms with Crippen molar-refractivity contribution in [3.63, 3.8) is 0 Å². The van der Waals surface area contributed by atoms with Crippen LogP contribution in [0.1, 0.15) is 19.8 Å². The molecule has 0 atom stereocenters. The van der Waals surface area contributed by atoms with E-state index in [4.69, 9.17) is 0 Å². The predicted molar refractivity (Wildman–Crippen MR) is 62.1 cm³/mol. The first-order valence-corrected chi connectivity index (χ1v) is 5.49. The maximum atomic E-state index is 3.31. The van der Waals surface area contributed by atoms with Crippen molar-refractivity contribution >= 4 is 11.4 Å². The zero-order chi connectivity index (χ0) is 9.80. The number of hydrogen-bond donors (Lipinski definition) is 1. The Bertz CT molecular complexity index is 273. The monoisotopic (exact) mass is 190 g/mol. The minimum absolute atomic E-state index is 0.989. The van der Waals surface area contributed by atoms with Gasteiger partial charge in [0.15, 0.2) is 0 Å². The van der Waals surface area contributed by atoms with Crippen LogP contribution in [0.5, 0.6) is 0 Å². The van der Waals surface area contributed by atoms with Crippen LogP contribution in [0, 0.1) is 0 Å². The number of rotatable bonds is 3. The van der Waals surface area contributed by atoms with E-state index in [2.05, 4.69) is 41.4 Å². The lowest BCUT2D eigenvalue weighted by atomic mass is 10.2. The van der Waals surface area contributed by atoms with Gasteiger partial charge in [-0.3, -0.25) is 0 Å². The van der Waals surface area contributed by atoms with Crippen molar-refractivity contribution < 1.29 is 0 Å². The van der Waals surface area contributed by atoms with E-state index < -0.39 is 0 Å². The van der Waals surface area contributed by atoms with Gasteiger partial charge in [0.05, 0.1) is 0 Å². The number of nitrogens with one attached hydrogen (secondary N) is 1. The molecule has 1 heterocycles. The van der Waals surface area contributed by atoms with Crippen LogP contribution >= 0.6 is 0 Å². The van der Waals surface area contributed by atoms with Gasteiger partial charge < -0.3 is 10.2 Å². The summed E-state index contributed by atoms with van der Waals surface area (Å²) in [6, 6.07) is 8.75. The molecule has 0 spiro atoms. The van der Waals surface area contributed by atoms with Gasteiger partial charge in [-0.2, -0.15) is 0 Å². The number of nitrogens with zero attached hydrogens (tertiary/aromatic N) is 1. The predicted octanol–water partition coefficient (Wildman–Crippen LogP) is 2.72. The SMILES string of the molecule is CCNc1ccc(N2CCCC2)cc1. The summed E-state index contributed by atoms with van der Waals surface area (Å²) in [7, 11) is 0. The molecule has 0 unspecified atom stereocenters. The van der Waals surface area contributed by atoms with Gasteiger partial charge >= 0.3 is 0 Å². The molecule has 76 valence electrons. The second kappa shape index (κ2) is 4.36. The van der Waals surface area contributed by atoms with E-state index in [1.807, 2.05) is 0 Å². The second-order valence-electron chi connectivity index (χ2n) is 3.77. The van der Waals surface area contributed by atoms with Crippen LogP contribution in [0.2, 0.25) is 0 Å². The first kappa shape index (κ1) is 9.38. The van der Waals surface area contributed by atoms with Gasteiger partial charge in [-0.15, -0.1) is 0 Å². The summed E-state index contributed by atoms with van der Waals surface area (Å²) in [5.41, 5.74) is 2.58. The largest absolute Gasteiger partial charge is 0.385 e. The minimum Gasteiger partial charge on any atom is -0.385 e. The van der Waals surface area contributed by atoms with Crippen LogP contribution in [-0.2, 0) is 0 Å². The minimum atomic E-state index is 0.989. The Morgan fingerprint density at radius 1 is 1.14 bits per heavy atom. The fraction of sp³-hybridized carbons (Fsp3) is 0.500. The van der Waals surface area contributed by atoms with E-state index in [1.165, 1.54) is 37.3 Å². The summed E-state index contributed by atoms with van der Waals surface area (Å²) in [4.78, 5) is 2.45. The Hall–Kier alpha value is -1.18. The van der Waals surface area contributed by atoms with Crippen LogP contribution in [0.15, 0.2) is 24.3 Å². The Morgan fingerprint density at radius 2 is 1.79 bits per heavy atom. The molecular weight excluding hydrogens is 172 g/mol. The molecule has 1 N–H and O–H groups in total. The third-order valence-corrected chi connectivity index (χ3v) is 2.72. The molecule has 0 bridgehead atoms. The van der Waals surface area contributed by atoms with Crippen molar-refractivity contribution in [2.24, 2.45) is 0 Å². The summed E-state index contributed by atoms with van der Waals surface area (Å²) in [5.74, 6) is 0. The van der Waals surface area contributed by atoms with Crippen molar-refractivity contribution in [2.75, 3.05) is 29.9 Å². The fourth-order valence-electron chi connectivity index (χ4n) is 1.97. The normalized spacial score (nSPS) is 15.9. The molecule has 1 aliphatic rings. The first-order valence-electron chi connectivity index (χ1n) is 5.49. The zero-order valence-electron chi connectivity index (χ0n) is 8.79. The molecule has 2 heteroatoms. The molecule has 1 aliphatic heterocycles. The Morgan fingerprint density at radius 3 is 2.36 bits per heavy atom. The van der Waals surface area contributed by atoms with E-state index in [0.717, 1.165) is 6.54 Å². The van der Waals surface area contributed by atoms with Gasteiger partial charge in [-0.05, 0) is 44.0 Å². The Balaban J connectivity index is 2.05. The molecule has 2 rings (SSSR count). The second-order valence-corrected chi connectivity index (χ2v) is 3.77. The maximum Gasteiger partial charge on any atom is 0.0367 e. The third-order valence-electron chi connectivity index (χ3n) is 2.72. The lowest BCUT2D eigenvalue weighted by molar-refractivity contribution is 0.949. The van der Waals surface area contributed by atoms with Crippen molar-refractivity contribution in [1.82, 2.24) is 0 Å². The summed E-state index contributed by atoms with van der Waals surface area (Å²) in [6.45, 7) is 5.55. The third kappa shape index (κ3) is 2.00. The lowest BCUT2D eigenvalue weighted by Crippen LogP contribution is -2.17. The summed E-state index contributed by atoms with van der Waals surface area (Å²) >= 11 is 0. The molecule has 0 saturated carbocycles. The average Bonchev–Trinajstić information content (AvgIpc) is 2.72. The fourth-order valence-corrected chi connectivity index (χ4v) is 1.97. The standard InChI is InChI=1S/C12H18N2/c1-2-13-11-5-7-12(8-6-11)14-9-3-4-10-14/h5-8,13H,2-4,9-10H2,1H3. The number of benzene rings is 1. The number of anilines is 2. The molecule has 1 fully saturated rings. The first-order chi connectivity index (χ1) is 6.90. The highest BCUT2D eigenvalue weighted by Gasteiger charge is 2.11. The molecule has 1 aromatic rings. The molecule has 0 aliphatic carbocycles. The van der Waals surface area contributed by atoms with Gasteiger partial charge in [0, 0.05) is 31.0 Å². The molecule has 0 amide bonds. The maximum absolute atomic E-state index is 3.31. The van der Waals surface area contributed by atoms with Crippen LogP contribution in [0.3, 0.4) is 0 Å². The molecule has 0 aromatic heterocycles. The smallest absolute Gasteiger partial charge is 0.0367 e. The van der Waals surface area contributed by atoms with E-state index in [9.17, 15) is 0 Å². The lowest BCUT2D eigenvalue weighted by Gasteiger charge is -2.17. The van der Waals surface area contributed by atoms with Crippen LogP contribution < -0.4 is 10.2 Å². The van der Waals surface area contributed by atoms with Gasteiger partial charge in [-0.1, -0.05) is 0 Å². The van der Waals surface area contributed by atoms with Gasteiger partial charge in [0.2, 0.25) is 0 Å². The molecule has 0 radical (unpaired) electrons. The Kier molecular flexibility index (Phi) is 2.92. The van der Waals surface area contributed by atoms with Crippen LogP contribution in [0.4, 0.5) is 11.4 Å². The van der Waals surface area contributed by atoms with E-state index in [-0.39, 0.29) is 0 Å². The summed E-state index contributed by atoms with van der Waals surface area (Å²) in [6.07, 6.45) is 2.68. The van der Waals surface area contributed by atoms with Gasteiger partial charge in [0.25, 0.3) is 0 Å². The highest BCUT2D eigenvalue weighted by molar-refractivity contribution is 5.55. The topological polar surface area (TPSA) is 15.3 Å². The van der Waals surface area contributed by atoms with Gasteiger partial charge in [-0.25, -0.2) is 0 Å². The molecule has 14 heavy (non-hydrogen) atoms. The molecule has 2 nitrogen and oxygen atoms in total. The van der Waals surface area contributed by atoms with E-state index in [1.54, 1.807) is 0 Å². The van der Waals surface area contributed by atoms with Crippen LogP contribution in [-0.4, -0.2) is 19.6 Å². The highest BCUT2D eigenvalue weighted by Crippen LogP contribution is 2.21.